The van der Waals surface area contributed by atoms with Crippen molar-refractivity contribution in [3.63, 3.8) is 0 Å². The third kappa shape index (κ3) is 2.84. The first-order chi connectivity index (χ1) is 9.78. The maximum Gasteiger partial charge on any atom is 0.409 e. The van der Waals surface area contributed by atoms with E-state index in [1.165, 1.54) is 12.8 Å². The number of rotatable bonds is 3. The highest BCUT2D eigenvalue weighted by molar-refractivity contribution is 5.68. The summed E-state index contributed by atoms with van der Waals surface area (Å²) >= 11 is 0. The fourth-order valence-electron chi connectivity index (χ4n) is 2.41. The van der Waals surface area contributed by atoms with Crippen LogP contribution in [0.3, 0.4) is 0 Å². The molecule has 20 heavy (non-hydrogen) atoms. The lowest BCUT2D eigenvalue weighted by molar-refractivity contribution is 0.105. The normalized spacial score (nSPS) is 19.1. The summed E-state index contributed by atoms with van der Waals surface area (Å²) in [5, 5.41) is 0. The quantitative estimate of drug-likeness (QED) is 0.840. The first-order valence-corrected chi connectivity index (χ1v) is 7.27. The summed E-state index contributed by atoms with van der Waals surface area (Å²) < 4.78 is 5.02. The number of nitrogens with zero attached hydrogens (tertiary/aromatic N) is 4. The van der Waals surface area contributed by atoms with Crippen molar-refractivity contribution in [1.82, 2.24) is 14.9 Å². The fraction of sp³-hybridized carbons (Fsp3) is 0.643. The van der Waals surface area contributed by atoms with Crippen LogP contribution in [0, 0.1) is 0 Å². The van der Waals surface area contributed by atoms with Crippen molar-refractivity contribution in [2.75, 3.05) is 37.7 Å². The Morgan fingerprint density at radius 1 is 1.35 bits per heavy atom. The van der Waals surface area contributed by atoms with Crippen LogP contribution in [0.4, 0.5) is 10.6 Å². The molecule has 2 heterocycles. The minimum Gasteiger partial charge on any atom is -0.450 e. The number of carbonyl (C=O) groups is 1. The summed E-state index contributed by atoms with van der Waals surface area (Å²) in [4.78, 5) is 24.6. The highest BCUT2D eigenvalue weighted by Gasteiger charge is 2.28. The molecule has 1 saturated carbocycles. The molecule has 0 spiro atoms. The topological polar surface area (TPSA) is 58.6 Å². The smallest absolute Gasteiger partial charge is 0.409 e. The summed E-state index contributed by atoms with van der Waals surface area (Å²) in [7, 11) is 0. The predicted octanol–water partition coefficient (Wildman–Crippen LogP) is 1.63. The van der Waals surface area contributed by atoms with E-state index < -0.39 is 0 Å². The van der Waals surface area contributed by atoms with Crippen molar-refractivity contribution in [2.45, 2.75) is 25.7 Å². The molecule has 1 aromatic heterocycles. The molecule has 0 N–H and O–H groups in total. The van der Waals surface area contributed by atoms with Crippen LogP contribution in [-0.2, 0) is 4.74 Å². The number of hydrogen-bond acceptors (Lipinski definition) is 5. The number of piperazine rings is 1. The number of carbonyl (C=O) groups excluding carboxylic acids is 1. The largest absolute Gasteiger partial charge is 0.450 e. The number of ether oxygens (including phenoxy) is 1. The molecule has 2 aliphatic rings. The molecule has 0 atom stereocenters. The lowest BCUT2D eigenvalue weighted by Crippen LogP contribution is -2.49. The van der Waals surface area contributed by atoms with E-state index >= 15 is 0 Å². The van der Waals surface area contributed by atoms with Crippen LogP contribution in [0.5, 0.6) is 0 Å². The molecule has 6 nitrogen and oxygen atoms in total. The summed E-state index contributed by atoms with van der Waals surface area (Å²) in [6.45, 7) is 5.20. The van der Waals surface area contributed by atoms with E-state index in [1.807, 2.05) is 19.2 Å². The maximum absolute atomic E-state index is 11.7. The molecule has 108 valence electrons. The van der Waals surface area contributed by atoms with Crippen LogP contribution >= 0.6 is 0 Å². The molecular weight excluding hydrogens is 256 g/mol. The van der Waals surface area contributed by atoms with Gasteiger partial charge in [0.2, 0.25) is 0 Å². The van der Waals surface area contributed by atoms with Crippen molar-refractivity contribution in [3.05, 3.63) is 18.1 Å². The highest BCUT2D eigenvalue weighted by Crippen LogP contribution is 2.38. The van der Waals surface area contributed by atoms with E-state index in [4.69, 9.17) is 4.74 Å². The van der Waals surface area contributed by atoms with Gasteiger partial charge in [0.1, 0.15) is 11.6 Å². The molecule has 0 unspecified atom stereocenters. The SMILES string of the molecule is CCOC(=O)N1CCN(c2ccnc(C3CC3)n2)CC1. The van der Waals surface area contributed by atoms with E-state index in [2.05, 4.69) is 14.9 Å². The Labute approximate surface area is 118 Å². The van der Waals surface area contributed by atoms with Gasteiger partial charge in [0.25, 0.3) is 0 Å². The molecular formula is C14H20N4O2. The molecule has 1 aliphatic carbocycles. The van der Waals surface area contributed by atoms with Gasteiger partial charge in [-0.3, -0.25) is 0 Å². The van der Waals surface area contributed by atoms with E-state index in [0.29, 0.717) is 25.6 Å². The van der Waals surface area contributed by atoms with E-state index in [-0.39, 0.29) is 6.09 Å². The number of amides is 1. The van der Waals surface area contributed by atoms with E-state index in [0.717, 1.165) is 24.7 Å². The van der Waals surface area contributed by atoms with Crippen LogP contribution in [0.1, 0.15) is 31.5 Å². The minimum absolute atomic E-state index is 0.214. The van der Waals surface area contributed by atoms with Gasteiger partial charge in [-0.2, -0.15) is 0 Å². The molecule has 1 amide bonds. The second-order valence-electron chi connectivity index (χ2n) is 5.22. The predicted molar refractivity (Wildman–Crippen MR) is 74.8 cm³/mol. The van der Waals surface area contributed by atoms with E-state index in [9.17, 15) is 4.79 Å². The van der Waals surface area contributed by atoms with Gasteiger partial charge in [-0.05, 0) is 25.8 Å². The molecule has 1 aliphatic heterocycles. The fourth-order valence-corrected chi connectivity index (χ4v) is 2.41. The zero-order valence-electron chi connectivity index (χ0n) is 11.8. The Kier molecular flexibility index (Phi) is 3.71. The van der Waals surface area contributed by atoms with Gasteiger partial charge in [0.05, 0.1) is 6.61 Å². The van der Waals surface area contributed by atoms with Gasteiger partial charge >= 0.3 is 6.09 Å². The van der Waals surface area contributed by atoms with Gasteiger partial charge in [-0.15, -0.1) is 0 Å². The Balaban J connectivity index is 1.60. The monoisotopic (exact) mass is 276 g/mol. The Morgan fingerprint density at radius 2 is 2.10 bits per heavy atom. The third-order valence-electron chi connectivity index (χ3n) is 3.73. The molecule has 3 rings (SSSR count). The molecule has 1 aromatic rings. The summed E-state index contributed by atoms with van der Waals surface area (Å²) in [5.41, 5.74) is 0. The minimum atomic E-state index is -0.214. The zero-order chi connectivity index (χ0) is 13.9. The standard InChI is InChI=1S/C14H20N4O2/c1-2-20-14(19)18-9-7-17(8-10-18)12-5-6-15-13(16-12)11-3-4-11/h5-6,11H,2-4,7-10H2,1H3. The average molecular weight is 276 g/mol. The van der Waals surface area contributed by atoms with Gasteiger partial charge in [0.15, 0.2) is 0 Å². The van der Waals surface area contributed by atoms with Crippen molar-refractivity contribution in [3.8, 4) is 0 Å². The van der Waals surface area contributed by atoms with Crippen molar-refractivity contribution < 1.29 is 9.53 Å². The van der Waals surface area contributed by atoms with Gasteiger partial charge < -0.3 is 14.5 Å². The van der Waals surface area contributed by atoms with Crippen LogP contribution in [-0.4, -0.2) is 53.7 Å². The van der Waals surface area contributed by atoms with Crippen LogP contribution in [0.15, 0.2) is 12.3 Å². The average Bonchev–Trinajstić information content (AvgIpc) is 3.33. The Bertz CT molecular complexity index is 482. The summed E-state index contributed by atoms with van der Waals surface area (Å²) in [6.07, 6.45) is 4.04. The second-order valence-corrected chi connectivity index (χ2v) is 5.22. The van der Waals surface area contributed by atoms with Gasteiger partial charge in [-0.25, -0.2) is 14.8 Å². The summed E-state index contributed by atoms with van der Waals surface area (Å²) in [6, 6.07) is 1.95. The molecule has 2 fully saturated rings. The first-order valence-electron chi connectivity index (χ1n) is 7.27. The molecule has 0 radical (unpaired) electrons. The van der Waals surface area contributed by atoms with Crippen molar-refractivity contribution >= 4 is 11.9 Å². The number of anilines is 1. The number of hydrogen-bond donors (Lipinski definition) is 0. The van der Waals surface area contributed by atoms with Gasteiger partial charge in [0, 0.05) is 38.3 Å². The zero-order valence-corrected chi connectivity index (χ0v) is 11.8. The molecule has 1 saturated heterocycles. The Hall–Kier alpha value is -1.85. The van der Waals surface area contributed by atoms with Crippen LogP contribution < -0.4 is 4.90 Å². The first kappa shape index (κ1) is 13.1. The molecule has 6 heteroatoms. The van der Waals surface area contributed by atoms with Gasteiger partial charge in [-0.1, -0.05) is 0 Å². The van der Waals surface area contributed by atoms with E-state index in [1.54, 1.807) is 4.90 Å². The maximum atomic E-state index is 11.7. The van der Waals surface area contributed by atoms with Crippen molar-refractivity contribution in [1.29, 1.82) is 0 Å². The molecule has 0 bridgehead atoms. The lowest BCUT2D eigenvalue weighted by Gasteiger charge is -2.34. The lowest BCUT2D eigenvalue weighted by atomic mass is 10.3. The van der Waals surface area contributed by atoms with Crippen LogP contribution in [0.25, 0.3) is 0 Å². The van der Waals surface area contributed by atoms with Crippen molar-refractivity contribution in [2.24, 2.45) is 0 Å². The number of aromatic nitrogens is 2. The second kappa shape index (κ2) is 5.64. The Morgan fingerprint density at radius 3 is 2.75 bits per heavy atom. The molecule has 0 aromatic carbocycles. The summed E-state index contributed by atoms with van der Waals surface area (Å²) in [5.74, 6) is 2.51. The highest BCUT2D eigenvalue weighted by atomic mass is 16.6. The van der Waals surface area contributed by atoms with Crippen LogP contribution in [0.2, 0.25) is 0 Å². The third-order valence-corrected chi connectivity index (χ3v) is 3.73.